The number of carbonyl (C=O) groups excluding carboxylic acids is 1. The van der Waals surface area contributed by atoms with Gasteiger partial charge in [0.05, 0.1) is 11.9 Å². The summed E-state index contributed by atoms with van der Waals surface area (Å²) in [4.78, 5) is 14.3. The third kappa shape index (κ3) is 4.43. The van der Waals surface area contributed by atoms with Crippen LogP contribution in [0.15, 0.2) is 18.2 Å². The van der Waals surface area contributed by atoms with Crippen molar-refractivity contribution in [2.24, 2.45) is 5.92 Å². The minimum atomic E-state index is -3.60. The summed E-state index contributed by atoms with van der Waals surface area (Å²) in [7, 11) is -3.60. The zero-order valence-electron chi connectivity index (χ0n) is 12.8. The van der Waals surface area contributed by atoms with Crippen LogP contribution in [0.1, 0.15) is 36.5 Å². The Bertz CT molecular complexity index is 661. The molecular weight excluding hydrogens is 307 g/mol. The molecule has 1 N–H and O–H groups in total. The predicted octanol–water partition coefficient (Wildman–Crippen LogP) is 2.46. The Balaban J connectivity index is 2.21. The lowest BCUT2D eigenvalue weighted by atomic mass is 10.0. The molecular formula is C15H21FN2O3S. The SMILES string of the molecule is CC1CCCN(C(=O)c2ccc(F)c(NS(C)(=O)=O)c2)CC1. The maximum absolute atomic E-state index is 13.7. The number of nitrogens with zero attached hydrogens (tertiary/aromatic N) is 1. The number of anilines is 1. The van der Waals surface area contributed by atoms with Crippen molar-refractivity contribution >= 4 is 21.6 Å². The van der Waals surface area contributed by atoms with E-state index in [1.54, 1.807) is 4.90 Å². The fourth-order valence-corrected chi connectivity index (χ4v) is 3.14. The van der Waals surface area contributed by atoms with Gasteiger partial charge in [-0.1, -0.05) is 6.92 Å². The predicted molar refractivity (Wildman–Crippen MR) is 83.8 cm³/mol. The number of benzene rings is 1. The molecule has 7 heteroatoms. The van der Waals surface area contributed by atoms with Crippen LogP contribution >= 0.6 is 0 Å². The van der Waals surface area contributed by atoms with E-state index in [1.807, 2.05) is 0 Å². The summed E-state index contributed by atoms with van der Waals surface area (Å²) in [6.07, 6.45) is 3.93. The molecule has 0 bridgehead atoms. The van der Waals surface area contributed by atoms with Gasteiger partial charge >= 0.3 is 0 Å². The van der Waals surface area contributed by atoms with Crippen molar-refractivity contribution < 1.29 is 17.6 Å². The molecule has 1 atom stereocenters. The van der Waals surface area contributed by atoms with E-state index < -0.39 is 15.8 Å². The second-order valence-corrected chi connectivity index (χ2v) is 7.65. The summed E-state index contributed by atoms with van der Waals surface area (Å²) < 4.78 is 38.3. The number of carbonyl (C=O) groups is 1. The van der Waals surface area contributed by atoms with Gasteiger partial charge in [-0.25, -0.2) is 12.8 Å². The minimum absolute atomic E-state index is 0.189. The molecule has 1 amide bonds. The quantitative estimate of drug-likeness (QED) is 0.927. The molecule has 22 heavy (non-hydrogen) atoms. The van der Waals surface area contributed by atoms with Gasteiger partial charge in [0, 0.05) is 18.7 Å². The first-order chi connectivity index (χ1) is 10.3. The first-order valence-electron chi connectivity index (χ1n) is 7.33. The molecule has 1 aromatic carbocycles. The molecule has 0 saturated carbocycles. The number of hydrogen-bond donors (Lipinski definition) is 1. The number of halogens is 1. The molecule has 1 saturated heterocycles. The number of amides is 1. The average molecular weight is 328 g/mol. The summed E-state index contributed by atoms with van der Waals surface area (Å²) in [5.41, 5.74) is 0.0960. The van der Waals surface area contributed by atoms with Crippen molar-refractivity contribution in [2.75, 3.05) is 24.1 Å². The monoisotopic (exact) mass is 328 g/mol. The van der Waals surface area contributed by atoms with Crippen molar-refractivity contribution in [3.63, 3.8) is 0 Å². The van der Waals surface area contributed by atoms with Crippen LogP contribution in [0.25, 0.3) is 0 Å². The molecule has 122 valence electrons. The van der Waals surface area contributed by atoms with Crippen LogP contribution in [-0.2, 0) is 10.0 Å². The second kappa shape index (κ2) is 6.64. The average Bonchev–Trinajstić information content (AvgIpc) is 2.64. The van der Waals surface area contributed by atoms with Crippen LogP contribution in [0.2, 0.25) is 0 Å². The zero-order chi connectivity index (χ0) is 16.3. The van der Waals surface area contributed by atoms with Crippen molar-refractivity contribution in [1.29, 1.82) is 0 Å². The van der Waals surface area contributed by atoms with Crippen LogP contribution in [0, 0.1) is 11.7 Å². The molecule has 0 spiro atoms. The lowest BCUT2D eigenvalue weighted by Crippen LogP contribution is -2.32. The summed E-state index contributed by atoms with van der Waals surface area (Å²) in [6, 6.07) is 3.76. The van der Waals surface area contributed by atoms with Gasteiger partial charge in [-0.05, 0) is 43.4 Å². The molecule has 5 nitrogen and oxygen atoms in total. The van der Waals surface area contributed by atoms with Gasteiger partial charge in [0.1, 0.15) is 5.82 Å². The third-order valence-electron chi connectivity index (χ3n) is 3.81. The first kappa shape index (κ1) is 16.7. The van der Waals surface area contributed by atoms with Gasteiger partial charge in [0.2, 0.25) is 10.0 Å². The van der Waals surface area contributed by atoms with E-state index in [1.165, 1.54) is 12.1 Å². The fourth-order valence-electron chi connectivity index (χ4n) is 2.58. The van der Waals surface area contributed by atoms with Crippen LogP contribution in [0.4, 0.5) is 10.1 Å². The van der Waals surface area contributed by atoms with Crippen LogP contribution < -0.4 is 4.72 Å². The minimum Gasteiger partial charge on any atom is -0.339 e. The number of hydrogen-bond acceptors (Lipinski definition) is 3. The van der Waals surface area contributed by atoms with Crippen molar-refractivity contribution in [2.45, 2.75) is 26.2 Å². The van der Waals surface area contributed by atoms with Crippen LogP contribution in [0.3, 0.4) is 0 Å². The van der Waals surface area contributed by atoms with E-state index in [0.29, 0.717) is 24.6 Å². The number of likely N-dealkylation sites (tertiary alicyclic amines) is 1. The molecule has 0 aromatic heterocycles. The highest BCUT2D eigenvalue weighted by Gasteiger charge is 2.21. The zero-order valence-corrected chi connectivity index (χ0v) is 13.6. The lowest BCUT2D eigenvalue weighted by molar-refractivity contribution is 0.0760. The highest BCUT2D eigenvalue weighted by molar-refractivity contribution is 7.92. The standard InChI is InChI=1S/C15H21FN2O3S/c1-11-4-3-8-18(9-7-11)15(19)12-5-6-13(16)14(10-12)17-22(2,20)21/h5-6,10-11,17H,3-4,7-9H2,1-2H3. The van der Waals surface area contributed by atoms with Crippen LogP contribution in [0.5, 0.6) is 0 Å². The molecule has 1 unspecified atom stereocenters. The summed E-state index contributed by atoms with van der Waals surface area (Å²) in [5, 5.41) is 0. The van der Waals surface area contributed by atoms with Gasteiger partial charge in [-0.3, -0.25) is 9.52 Å². The highest BCUT2D eigenvalue weighted by Crippen LogP contribution is 2.21. The smallest absolute Gasteiger partial charge is 0.253 e. The van der Waals surface area contributed by atoms with E-state index in [-0.39, 0.29) is 11.6 Å². The van der Waals surface area contributed by atoms with E-state index >= 15 is 0 Å². The van der Waals surface area contributed by atoms with Gasteiger partial charge in [-0.2, -0.15) is 0 Å². The normalized spacial score (nSPS) is 19.6. The van der Waals surface area contributed by atoms with Crippen molar-refractivity contribution in [1.82, 2.24) is 4.90 Å². The van der Waals surface area contributed by atoms with Crippen LogP contribution in [-0.4, -0.2) is 38.6 Å². The molecule has 1 aromatic rings. The second-order valence-electron chi connectivity index (χ2n) is 5.90. The molecule has 2 rings (SSSR count). The highest BCUT2D eigenvalue weighted by atomic mass is 32.2. The molecule has 1 aliphatic rings. The molecule has 1 aliphatic heterocycles. The van der Waals surface area contributed by atoms with E-state index in [9.17, 15) is 17.6 Å². The largest absolute Gasteiger partial charge is 0.339 e. The van der Waals surface area contributed by atoms with E-state index in [0.717, 1.165) is 31.6 Å². The van der Waals surface area contributed by atoms with Gasteiger partial charge in [-0.15, -0.1) is 0 Å². The van der Waals surface area contributed by atoms with Gasteiger partial charge < -0.3 is 4.90 Å². The van der Waals surface area contributed by atoms with E-state index in [4.69, 9.17) is 0 Å². The number of nitrogens with one attached hydrogen (secondary N) is 1. The summed E-state index contributed by atoms with van der Waals surface area (Å²) >= 11 is 0. The fraction of sp³-hybridized carbons (Fsp3) is 0.533. The number of rotatable bonds is 3. The Morgan fingerprint density at radius 2 is 2.05 bits per heavy atom. The number of sulfonamides is 1. The molecule has 0 aliphatic carbocycles. The van der Waals surface area contributed by atoms with Crippen molar-refractivity contribution in [3.8, 4) is 0 Å². The summed E-state index contributed by atoms with van der Waals surface area (Å²) in [6.45, 7) is 3.52. The summed E-state index contributed by atoms with van der Waals surface area (Å²) in [5.74, 6) is -0.300. The topological polar surface area (TPSA) is 66.5 Å². The first-order valence-corrected chi connectivity index (χ1v) is 9.22. The van der Waals surface area contributed by atoms with E-state index in [2.05, 4.69) is 11.6 Å². The Hall–Kier alpha value is -1.63. The molecule has 0 radical (unpaired) electrons. The third-order valence-corrected chi connectivity index (χ3v) is 4.40. The van der Waals surface area contributed by atoms with Gasteiger partial charge in [0.25, 0.3) is 5.91 Å². The Morgan fingerprint density at radius 1 is 1.32 bits per heavy atom. The Labute approximate surface area is 130 Å². The lowest BCUT2D eigenvalue weighted by Gasteiger charge is -2.21. The molecule has 1 fully saturated rings. The van der Waals surface area contributed by atoms with Crippen molar-refractivity contribution in [3.05, 3.63) is 29.6 Å². The van der Waals surface area contributed by atoms with Gasteiger partial charge in [0.15, 0.2) is 0 Å². The molecule has 1 heterocycles. The Morgan fingerprint density at radius 3 is 2.73 bits per heavy atom. The maximum atomic E-state index is 13.7. The Kier molecular flexibility index (Phi) is 5.05. The maximum Gasteiger partial charge on any atom is 0.253 e.